The summed E-state index contributed by atoms with van der Waals surface area (Å²) in [5.41, 5.74) is 1.92. The van der Waals surface area contributed by atoms with E-state index in [-0.39, 0.29) is 0 Å². The Kier molecular flexibility index (Phi) is 3.96. The van der Waals surface area contributed by atoms with E-state index in [0.29, 0.717) is 11.5 Å². The zero-order chi connectivity index (χ0) is 14.5. The van der Waals surface area contributed by atoms with Gasteiger partial charge >= 0.3 is 0 Å². The minimum atomic E-state index is 0.702. The smallest absolute Gasteiger partial charge is 0.147 e. The summed E-state index contributed by atoms with van der Waals surface area (Å²) >= 11 is 0. The molecule has 3 rings (SSSR count). The Morgan fingerprint density at radius 3 is 2.81 bits per heavy atom. The molecular formula is C17H17N3O. The summed E-state index contributed by atoms with van der Waals surface area (Å²) in [6.07, 6.45) is 6.29. The summed E-state index contributed by atoms with van der Waals surface area (Å²) in [6, 6.07) is 11.9. The number of fused-ring (bicyclic) bond motifs is 1. The molecule has 0 aliphatic rings. The van der Waals surface area contributed by atoms with Crippen LogP contribution in [0.25, 0.3) is 10.9 Å². The zero-order valence-corrected chi connectivity index (χ0v) is 11.9. The van der Waals surface area contributed by atoms with Gasteiger partial charge in [-0.2, -0.15) is 0 Å². The van der Waals surface area contributed by atoms with Crippen LogP contribution in [0.2, 0.25) is 0 Å². The quantitative estimate of drug-likeness (QED) is 0.758. The maximum absolute atomic E-state index is 5.84. The summed E-state index contributed by atoms with van der Waals surface area (Å²) in [5, 5.41) is 4.35. The Morgan fingerprint density at radius 1 is 1.05 bits per heavy atom. The maximum atomic E-state index is 5.84. The number of hydrogen-bond acceptors (Lipinski definition) is 4. The Bertz CT molecular complexity index is 743. The largest absolute Gasteiger partial charge is 0.454 e. The molecule has 0 saturated carbocycles. The standard InChI is InChI=1S/C17H17N3O/c1-2-7-19-14-9-16(11-18-10-14)21-15-8-13-5-3-4-6-17(13)20-12-15/h3-6,8-12,19H,2,7H2,1H3. The topological polar surface area (TPSA) is 47.0 Å². The van der Waals surface area contributed by atoms with Crippen molar-refractivity contribution in [1.29, 1.82) is 0 Å². The second-order valence-electron chi connectivity index (χ2n) is 4.80. The molecule has 3 aromatic rings. The highest BCUT2D eigenvalue weighted by Crippen LogP contribution is 2.25. The first-order valence-corrected chi connectivity index (χ1v) is 7.07. The third-order valence-electron chi connectivity index (χ3n) is 3.09. The Labute approximate surface area is 123 Å². The van der Waals surface area contributed by atoms with Gasteiger partial charge in [-0.1, -0.05) is 25.1 Å². The first-order valence-electron chi connectivity index (χ1n) is 7.07. The molecule has 0 amide bonds. The maximum Gasteiger partial charge on any atom is 0.147 e. The van der Waals surface area contributed by atoms with Gasteiger partial charge in [0.05, 0.1) is 29.8 Å². The van der Waals surface area contributed by atoms with E-state index in [4.69, 9.17) is 4.74 Å². The highest BCUT2D eigenvalue weighted by atomic mass is 16.5. The third kappa shape index (κ3) is 3.28. The lowest BCUT2D eigenvalue weighted by Gasteiger charge is -2.08. The van der Waals surface area contributed by atoms with E-state index in [1.165, 1.54) is 0 Å². The Morgan fingerprint density at radius 2 is 1.90 bits per heavy atom. The number of hydrogen-bond donors (Lipinski definition) is 1. The number of ether oxygens (including phenoxy) is 1. The molecule has 21 heavy (non-hydrogen) atoms. The Balaban J connectivity index is 1.81. The first kappa shape index (κ1) is 13.4. The molecule has 0 unspecified atom stereocenters. The molecule has 0 saturated heterocycles. The van der Waals surface area contributed by atoms with E-state index in [0.717, 1.165) is 29.6 Å². The summed E-state index contributed by atoms with van der Waals surface area (Å²) in [4.78, 5) is 8.58. The van der Waals surface area contributed by atoms with E-state index in [1.54, 1.807) is 18.6 Å². The van der Waals surface area contributed by atoms with Gasteiger partial charge in [-0.25, -0.2) is 0 Å². The van der Waals surface area contributed by atoms with Crippen LogP contribution < -0.4 is 10.1 Å². The summed E-state index contributed by atoms with van der Waals surface area (Å²) in [7, 11) is 0. The van der Waals surface area contributed by atoms with Gasteiger partial charge in [-0.3, -0.25) is 9.97 Å². The molecule has 0 bridgehead atoms. The molecule has 0 atom stereocenters. The van der Waals surface area contributed by atoms with Crippen LogP contribution >= 0.6 is 0 Å². The summed E-state index contributed by atoms with van der Waals surface area (Å²) < 4.78 is 5.84. The summed E-state index contributed by atoms with van der Waals surface area (Å²) in [6.45, 7) is 3.05. The van der Waals surface area contributed by atoms with Crippen molar-refractivity contribution in [3.63, 3.8) is 0 Å². The monoisotopic (exact) mass is 279 g/mol. The van der Waals surface area contributed by atoms with Crippen molar-refractivity contribution in [3.05, 3.63) is 55.0 Å². The van der Waals surface area contributed by atoms with Gasteiger partial charge in [0.1, 0.15) is 11.5 Å². The van der Waals surface area contributed by atoms with Crippen LogP contribution in [0.4, 0.5) is 5.69 Å². The molecule has 0 fully saturated rings. The molecule has 2 heterocycles. The van der Waals surface area contributed by atoms with Crippen molar-refractivity contribution in [3.8, 4) is 11.5 Å². The van der Waals surface area contributed by atoms with Gasteiger partial charge in [0, 0.05) is 18.0 Å². The number of benzene rings is 1. The number of pyridine rings is 2. The second-order valence-corrected chi connectivity index (χ2v) is 4.80. The van der Waals surface area contributed by atoms with Gasteiger partial charge in [-0.15, -0.1) is 0 Å². The number of nitrogens with one attached hydrogen (secondary N) is 1. The van der Waals surface area contributed by atoms with Crippen molar-refractivity contribution in [2.75, 3.05) is 11.9 Å². The summed E-state index contributed by atoms with van der Waals surface area (Å²) in [5.74, 6) is 1.41. The minimum absolute atomic E-state index is 0.702. The predicted molar refractivity (Wildman–Crippen MR) is 84.8 cm³/mol. The van der Waals surface area contributed by atoms with E-state index in [9.17, 15) is 0 Å². The molecule has 0 spiro atoms. The lowest BCUT2D eigenvalue weighted by molar-refractivity contribution is 0.479. The average Bonchev–Trinajstić information content (AvgIpc) is 2.53. The lowest BCUT2D eigenvalue weighted by atomic mass is 10.2. The Hall–Kier alpha value is -2.62. The van der Waals surface area contributed by atoms with Crippen LogP contribution in [0.3, 0.4) is 0 Å². The van der Waals surface area contributed by atoms with Gasteiger partial charge < -0.3 is 10.1 Å². The number of rotatable bonds is 5. The minimum Gasteiger partial charge on any atom is -0.454 e. The van der Waals surface area contributed by atoms with Crippen molar-refractivity contribution in [2.24, 2.45) is 0 Å². The van der Waals surface area contributed by atoms with Crippen molar-refractivity contribution < 1.29 is 4.74 Å². The first-order chi connectivity index (χ1) is 10.3. The van der Waals surface area contributed by atoms with Gasteiger partial charge in [0.2, 0.25) is 0 Å². The van der Waals surface area contributed by atoms with Crippen molar-refractivity contribution >= 4 is 16.6 Å². The molecule has 4 nitrogen and oxygen atoms in total. The fourth-order valence-corrected chi connectivity index (χ4v) is 2.08. The number of anilines is 1. The van der Waals surface area contributed by atoms with Gasteiger partial charge in [0.15, 0.2) is 0 Å². The molecule has 0 aliphatic carbocycles. The van der Waals surface area contributed by atoms with Crippen LogP contribution in [0.1, 0.15) is 13.3 Å². The van der Waals surface area contributed by atoms with Crippen LogP contribution in [-0.4, -0.2) is 16.5 Å². The number of aromatic nitrogens is 2. The molecule has 0 aliphatic heterocycles. The van der Waals surface area contributed by atoms with E-state index in [1.807, 2.05) is 36.4 Å². The van der Waals surface area contributed by atoms with Crippen molar-refractivity contribution in [1.82, 2.24) is 9.97 Å². The second kappa shape index (κ2) is 6.22. The van der Waals surface area contributed by atoms with Crippen LogP contribution in [0.5, 0.6) is 11.5 Å². The zero-order valence-electron chi connectivity index (χ0n) is 11.9. The molecule has 1 aromatic carbocycles. The van der Waals surface area contributed by atoms with E-state index < -0.39 is 0 Å². The fourth-order valence-electron chi connectivity index (χ4n) is 2.08. The average molecular weight is 279 g/mol. The fraction of sp³-hybridized carbons (Fsp3) is 0.176. The normalized spacial score (nSPS) is 10.5. The highest BCUT2D eigenvalue weighted by molar-refractivity contribution is 5.79. The van der Waals surface area contributed by atoms with E-state index >= 15 is 0 Å². The van der Waals surface area contributed by atoms with Crippen LogP contribution in [0, 0.1) is 0 Å². The molecule has 4 heteroatoms. The highest BCUT2D eigenvalue weighted by Gasteiger charge is 2.02. The van der Waals surface area contributed by atoms with Crippen LogP contribution in [-0.2, 0) is 0 Å². The third-order valence-corrected chi connectivity index (χ3v) is 3.09. The molecule has 2 aromatic heterocycles. The number of para-hydroxylation sites is 1. The van der Waals surface area contributed by atoms with Crippen LogP contribution in [0.15, 0.2) is 55.0 Å². The van der Waals surface area contributed by atoms with Crippen molar-refractivity contribution in [2.45, 2.75) is 13.3 Å². The van der Waals surface area contributed by atoms with Gasteiger partial charge in [-0.05, 0) is 18.6 Å². The SMILES string of the molecule is CCCNc1cncc(Oc2cnc3ccccc3c2)c1. The molecule has 0 radical (unpaired) electrons. The molecular weight excluding hydrogens is 262 g/mol. The van der Waals surface area contributed by atoms with E-state index in [2.05, 4.69) is 22.2 Å². The van der Waals surface area contributed by atoms with Gasteiger partial charge in [0.25, 0.3) is 0 Å². The predicted octanol–water partition coefficient (Wildman–Crippen LogP) is 4.24. The molecule has 1 N–H and O–H groups in total. The number of nitrogens with zero attached hydrogens (tertiary/aromatic N) is 2. The molecule has 106 valence electrons. The lowest BCUT2D eigenvalue weighted by Crippen LogP contribution is -2.00.